The largest absolute Gasteiger partial charge is 0.382 e. The van der Waals surface area contributed by atoms with Crippen molar-refractivity contribution in [3.63, 3.8) is 0 Å². The van der Waals surface area contributed by atoms with Gasteiger partial charge in [-0.15, -0.1) is 0 Å². The average Bonchev–Trinajstić information content (AvgIpc) is 3.64. The third-order valence-corrected chi connectivity index (χ3v) is 8.30. The number of aromatic nitrogens is 5. The van der Waals surface area contributed by atoms with Gasteiger partial charge in [0.05, 0.1) is 23.1 Å². The van der Waals surface area contributed by atoms with Crippen LogP contribution in [0, 0.1) is 12.8 Å². The van der Waals surface area contributed by atoms with Gasteiger partial charge in [0, 0.05) is 46.1 Å². The number of fused-ring (bicyclic) bond motifs is 1. The molecule has 1 aromatic carbocycles. The molecule has 1 fully saturated rings. The summed E-state index contributed by atoms with van der Waals surface area (Å²) in [5.41, 5.74) is 2.43. The Kier molecular flexibility index (Phi) is 6.33. The van der Waals surface area contributed by atoms with E-state index in [0.29, 0.717) is 17.2 Å². The van der Waals surface area contributed by atoms with E-state index in [1.165, 1.54) is 6.26 Å². The van der Waals surface area contributed by atoms with E-state index in [4.69, 9.17) is 4.11 Å². The quantitative estimate of drug-likeness (QED) is 0.252. The van der Waals surface area contributed by atoms with E-state index in [9.17, 15) is 8.42 Å². The van der Waals surface area contributed by atoms with Gasteiger partial charge in [-0.1, -0.05) is 26.8 Å². The first-order valence-corrected chi connectivity index (χ1v) is 15.3. The molecule has 0 saturated heterocycles. The van der Waals surface area contributed by atoms with Crippen molar-refractivity contribution >= 4 is 37.9 Å². The Morgan fingerprint density at radius 1 is 1.10 bits per heavy atom. The zero-order valence-corrected chi connectivity index (χ0v) is 23.7. The van der Waals surface area contributed by atoms with Crippen molar-refractivity contribution in [1.29, 1.82) is 0 Å². The maximum atomic E-state index is 11.8. The first-order valence-electron chi connectivity index (χ1n) is 14.8. The fraction of sp³-hybridized carbons (Fsp3) is 0.448. The molecule has 3 heterocycles. The lowest BCUT2D eigenvalue weighted by Gasteiger charge is -2.23. The molecule has 9 nitrogen and oxygen atoms in total. The molecule has 0 unspecified atom stereocenters. The van der Waals surface area contributed by atoms with Crippen LogP contribution >= 0.6 is 0 Å². The molecule has 0 aliphatic heterocycles. The Bertz CT molecular complexity index is 1720. The summed E-state index contributed by atoms with van der Waals surface area (Å²) in [6, 6.07) is 7.95. The summed E-state index contributed by atoms with van der Waals surface area (Å²) in [7, 11) is -3.09. The van der Waals surface area contributed by atoms with Crippen LogP contribution < -0.4 is 10.6 Å². The molecule has 5 rings (SSSR count). The number of pyridine rings is 1. The molecule has 3 aromatic heterocycles. The van der Waals surface area contributed by atoms with E-state index in [1.807, 2.05) is 26.0 Å². The van der Waals surface area contributed by atoms with Crippen molar-refractivity contribution < 1.29 is 12.5 Å². The summed E-state index contributed by atoms with van der Waals surface area (Å²) in [6.07, 6.45) is 8.33. The summed E-state index contributed by atoms with van der Waals surface area (Å²) in [5, 5.41) is 13.1. The van der Waals surface area contributed by atoms with Gasteiger partial charge in [0.2, 0.25) is 0 Å². The van der Waals surface area contributed by atoms with Crippen molar-refractivity contribution in [2.45, 2.75) is 65.4 Å². The molecule has 1 saturated carbocycles. The predicted molar refractivity (Wildman–Crippen MR) is 157 cm³/mol. The van der Waals surface area contributed by atoms with Gasteiger partial charge in [-0.2, -0.15) is 5.10 Å². The number of rotatable bonds is 10. The molecule has 4 aromatic rings. The molecule has 0 radical (unpaired) electrons. The van der Waals surface area contributed by atoms with Crippen LogP contribution in [-0.2, 0) is 9.84 Å². The Balaban J connectivity index is 1.45. The molecule has 0 spiro atoms. The minimum atomic E-state index is -3.09. The Hall–Kier alpha value is -3.53. The highest BCUT2D eigenvalue weighted by Crippen LogP contribution is 2.36. The first-order chi connectivity index (χ1) is 19.7. The van der Waals surface area contributed by atoms with Crippen LogP contribution in [0.1, 0.15) is 67.9 Å². The zero-order chi connectivity index (χ0) is 30.4. The topological polar surface area (TPSA) is 115 Å². The lowest BCUT2D eigenvalue weighted by atomic mass is 9.95. The van der Waals surface area contributed by atoms with E-state index in [0.717, 1.165) is 34.9 Å². The Morgan fingerprint density at radius 2 is 1.90 bits per heavy atom. The van der Waals surface area contributed by atoms with Gasteiger partial charge in [-0.3, -0.25) is 4.68 Å². The van der Waals surface area contributed by atoms with Crippen LogP contribution in [0.25, 0.3) is 22.2 Å². The molecule has 39 heavy (non-hydrogen) atoms. The molecular weight excluding hydrogens is 510 g/mol. The number of sulfone groups is 1. The smallest absolute Gasteiger partial charge is 0.164 e. The van der Waals surface area contributed by atoms with Gasteiger partial charge in [0.25, 0.3) is 0 Å². The second-order valence-electron chi connectivity index (χ2n) is 11.0. The molecule has 0 amide bonds. The van der Waals surface area contributed by atoms with Crippen LogP contribution in [-0.4, -0.2) is 51.2 Å². The lowest BCUT2D eigenvalue weighted by molar-refractivity contribution is 0.538. The molecule has 1 aliphatic carbocycles. The van der Waals surface area contributed by atoms with Crippen LogP contribution in [0.5, 0.6) is 0 Å². The predicted octanol–water partition coefficient (Wildman–Crippen LogP) is 5.88. The second-order valence-corrected chi connectivity index (χ2v) is 13.2. The number of anilines is 3. The van der Waals surface area contributed by atoms with Crippen molar-refractivity contribution in [3.8, 4) is 11.4 Å². The van der Waals surface area contributed by atoms with E-state index in [2.05, 4.69) is 50.6 Å². The Labute approximate surface area is 234 Å². The third kappa shape index (κ3) is 6.21. The number of aryl methyl sites for hydroxylation is 1. The minimum absolute atomic E-state index is 0.00272. The summed E-state index contributed by atoms with van der Waals surface area (Å²) < 4.78 is 49.3. The monoisotopic (exact) mass is 550 g/mol. The SMILES string of the molecule is [2H]C([2H])([2H])c1nn(C2CC2)cc1-c1nccc(Nc2cc3c(C(C)C)ccc(N[C@H](C)[C@H](C)CS(C)(=O)=O)c3cn2)n1. The van der Waals surface area contributed by atoms with Crippen molar-refractivity contribution in [2.75, 3.05) is 22.6 Å². The maximum Gasteiger partial charge on any atom is 0.164 e. The number of nitrogens with zero attached hydrogens (tertiary/aromatic N) is 5. The standard InChI is InChI=1S/C29H37N7O2S/c1-17(2)22-9-10-26(32-19(4)18(3)16-39(6,37)38)24-14-31-28(13-23(22)24)33-27-11-12-30-29(34-27)25-15-36(21-7-8-21)35-20(25)5/h9-15,17-19,21,32H,7-8,16H2,1-6H3,(H,30,31,33,34)/t18-,19-/m1/s1/i5D3. The highest BCUT2D eigenvalue weighted by Gasteiger charge is 2.26. The highest BCUT2D eigenvalue weighted by atomic mass is 32.2. The van der Waals surface area contributed by atoms with E-state index < -0.39 is 16.7 Å². The van der Waals surface area contributed by atoms with Crippen LogP contribution in [0.4, 0.5) is 17.3 Å². The van der Waals surface area contributed by atoms with Gasteiger partial charge in [-0.05, 0) is 67.6 Å². The fourth-order valence-electron chi connectivity index (χ4n) is 4.74. The molecule has 10 heteroatoms. The van der Waals surface area contributed by atoms with E-state index >= 15 is 0 Å². The first kappa shape index (κ1) is 23.4. The highest BCUT2D eigenvalue weighted by molar-refractivity contribution is 7.90. The van der Waals surface area contributed by atoms with E-state index in [-0.39, 0.29) is 41.2 Å². The molecule has 1 aliphatic rings. The minimum Gasteiger partial charge on any atom is -0.382 e. The molecular formula is C29H37N7O2S. The third-order valence-electron chi connectivity index (χ3n) is 7.16. The van der Waals surface area contributed by atoms with Gasteiger partial charge < -0.3 is 10.6 Å². The summed E-state index contributed by atoms with van der Waals surface area (Å²) in [4.78, 5) is 13.6. The number of nitrogens with one attached hydrogen (secondary N) is 2. The van der Waals surface area contributed by atoms with Crippen molar-refractivity contribution in [3.05, 3.63) is 54.1 Å². The molecule has 206 valence electrons. The van der Waals surface area contributed by atoms with E-state index in [1.54, 1.807) is 29.3 Å². The lowest BCUT2D eigenvalue weighted by Crippen LogP contribution is -2.29. The number of hydrogen-bond acceptors (Lipinski definition) is 8. The summed E-state index contributed by atoms with van der Waals surface area (Å²) >= 11 is 0. The molecule has 0 bridgehead atoms. The van der Waals surface area contributed by atoms with Crippen LogP contribution in [0.3, 0.4) is 0 Å². The Morgan fingerprint density at radius 3 is 2.59 bits per heavy atom. The molecule has 2 N–H and O–H groups in total. The maximum absolute atomic E-state index is 11.8. The van der Waals surface area contributed by atoms with Crippen LogP contribution in [0.2, 0.25) is 0 Å². The van der Waals surface area contributed by atoms with Gasteiger partial charge >= 0.3 is 0 Å². The normalized spacial score (nSPS) is 16.9. The van der Waals surface area contributed by atoms with Crippen molar-refractivity contribution in [1.82, 2.24) is 24.7 Å². The number of hydrogen-bond donors (Lipinski definition) is 2. The molecule has 2 atom stereocenters. The van der Waals surface area contributed by atoms with Crippen molar-refractivity contribution in [2.24, 2.45) is 5.92 Å². The average molecular weight is 551 g/mol. The zero-order valence-electron chi connectivity index (χ0n) is 25.9. The van der Waals surface area contributed by atoms with Gasteiger partial charge in [0.15, 0.2) is 5.82 Å². The summed E-state index contributed by atoms with van der Waals surface area (Å²) in [6.45, 7) is 5.79. The van der Waals surface area contributed by atoms with Crippen LogP contribution in [0.15, 0.2) is 42.9 Å². The fourth-order valence-corrected chi connectivity index (χ4v) is 5.98. The van der Waals surface area contributed by atoms with Gasteiger partial charge in [0.1, 0.15) is 21.5 Å². The van der Waals surface area contributed by atoms with Gasteiger partial charge in [-0.25, -0.2) is 23.4 Å². The number of benzene rings is 1. The second kappa shape index (κ2) is 10.6. The summed E-state index contributed by atoms with van der Waals surface area (Å²) in [5.74, 6) is 1.62.